The van der Waals surface area contributed by atoms with E-state index in [1.165, 1.54) is 0 Å². The third-order valence-electron chi connectivity index (χ3n) is 3.09. The fourth-order valence-electron chi connectivity index (χ4n) is 2.16. The van der Waals surface area contributed by atoms with Gasteiger partial charge in [-0.3, -0.25) is 4.79 Å². The Morgan fingerprint density at radius 1 is 1.47 bits per heavy atom. The Balaban J connectivity index is 2.11. The van der Waals surface area contributed by atoms with Crippen LogP contribution in [-0.4, -0.2) is 31.6 Å². The van der Waals surface area contributed by atoms with Crippen molar-refractivity contribution in [3.05, 3.63) is 35.4 Å². The molecule has 1 atom stereocenters. The summed E-state index contributed by atoms with van der Waals surface area (Å²) in [6.07, 6.45) is 1.56. The van der Waals surface area contributed by atoms with Crippen LogP contribution in [0, 0.1) is 0 Å². The molecular formula is C14H19NO2. The van der Waals surface area contributed by atoms with Crippen LogP contribution in [0.1, 0.15) is 29.3 Å². The normalized spacial score (nSPS) is 20.2. The monoisotopic (exact) mass is 233 g/mol. The lowest BCUT2D eigenvalue weighted by atomic mass is 9.97. The van der Waals surface area contributed by atoms with Crippen molar-refractivity contribution in [3.8, 4) is 0 Å². The van der Waals surface area contributed by atoms with Gasteiger partial charge in [0.05, 0.1) is 12.7 Å². The summed E-state index contributed by atoms with van der Waals surface area (Å²) in [5.74, 6) is 0.212. The van der Waals surface area contributed by atoms with E-state index in [-0.39, 0.29) is 11.9 Å². The van der Waals surface area contributed by atoms with Crippen LogP contribution >= 0.6 is 0 Å². The Bertz CT molecular complexity index is 384. The van der Waals surface area contributed by atoms with Gasteiger partial charge in [0, 0.05) is 31.5 Å². The van der Waals surface area contributed by atoms with E-state index in [9.17, 15) is 4.79 Å². The van der Waals surface area contributed by atoms with Crippen LogP contribution in [0.2, 0.25) is 0 Å². The van der Waals surface area contributed by atoms with E-state index in [0.29, 0.717) is 6.42 Å². The molecule has 3 heteroatoms. The summed E-state index contributed by atoms with van der Waals surface area (Å²) < 4.78 is 5.68. The number of hydrogen-bond acceptors (Lipinski definition) is 3. The average Bonchev–Trinajstić information content (AvgIpc) is 2.40. The molecule has 1 unspecified atom stereocenters. The SMILES string of the molecule is CCC(=O)c1ccccc1CC1CNCCO1. The number of carbonyl (C=O) groups excluding carboxylic acids is 1. The number of carbonyl (C=O) groups is 1. The Hall–Kier alpha value is -1.19. The van der Waals surface area contributed by atoms with Crippen molar-refractivity contribution in [2.24, 2.45) is 0 Å². The van der Waals surface area contributed by atoms with E-state index in [4.69, 9.17) is 4.74 Å². The van der Waals surface area contributed by atoms with E-state index in [1.807, 2.05) is 31.2 Å². The first-order valence-corrected chi connectivity index (χ1v) is 6.24. The molecule has 0 bridgehead atoms. The number of ether oxygens (including phenoxy) is 1. The summed E-state index contributed by atoms with van der Waals surface area (Å²) in [6.45, 7) is 4.45. The van der Waals surface area contributed by atoms with Gasteiger partial charge < -0.3 is 10.1 Å². The molecule has 1 fully saturated rings. The van der Waals surface area contributed by atoms with Crippen LogP contribution in [0.25, 0.3) is 0 Å². The van der Waals surface area contributed by atoms with Crippen LogP contribution in [0.4, 0.5) is 0 Å². The molecule has 1 aliphatic heterocycles. The van der Waals surface area contributed by atoms with Gasteiger partial charge in [-0.25, -0.2) is 0 Å². The molecule has 0 aromatic heterocycles. The fourth-order valence-corrected chi connectivity index (χ4v) is 2.16. The molecule has 1 heterocycles. The number of ketones is 1. The zero-order valence-electron chi connectivity index (χ0n) is 10.2. The quantitative estimate of drug-likeness (QED) is 0.806. The van der Waals surface area contributed by atoms with Gasteiger partial charge in [-0.2, -0.15) is 0 Å². The molecular weight excluding hydrogens is 214 g/mol. The zero-order chi connectivity index (χ0) is 12.1. The van der Waals surface area contributed by atoms with Gasteiger partial charge in [-0.1, -0.05) is 31.2 Å². The predicted octanol–water partition coefficient (Wildman–Crippen LogP) is 1.81. The van der Waals surface area contributed by atoms with Crippen molar-refractivity contribution in [3.63, 3.8) is 0 Å². The maximum Gasteiger partial charge on any atom is 0.162 e. The second kappa shape index (κ2) is 5.94. The van der Waals surface area contributed by atoms with Gasteiger partial charge in [0.1, 0.15) is 0 Å². The minimum Gasteiger partial charge on any atom is -0.375 e. The second-order valence-corrected chi connectivity index (χ2v) is 4.33. The second-order valence-electron chi connectivity index (χ2n) is 4.33. The first kappa shape index (κ1) is 12.3. The summed E-state index contributed by atoms with van der Waals surface area (Å²) in [6, 6.07) is 7.85. The smallest absolute Gasteiger partial charge is 0.162 e. The topological polar surface area (TPSA) is 38.3 Å². The Morgan fingerprint density at radius 3 is 3.00 bits per heavy atom. The summed E-state index contributed by atoms with van der Waals surface area (Å²) in [7, 11) is 0. The van der Waals surface area contributed by atoms with E-state index in [1.54, 1.807) is 0 Å². The van der Waals surface area contributed by atoms with Crippen molar-refractivity contribution < 1.29 is 9.53 Å². The zero-order valence-corrected chi connectivity index (χ0v) is 10.2. The largest absolute Gasteiger partial charge is 0.375 e. The molecule has 17 heavy (non-hydrogen) atoms. The van der Waals surface area contributed by atoms with Crippen LogP contribution in [0.5, 0.6) is 0 Å². The van der Waals surface area contributed by atoms with Crippen LogP contribution in [0.15, 0.2) is 24.3 Å². The predicted molar refractivity (Wildman–Crippen MR) is 67.4 cm³/mol. The lowest BCUT2D eigenvalue weighted by Gasteiger charge is -2.24. The third kappa shape index (κ3) is 3.14. The Kier molecular flexibility index (Phi) is 4.29. The molecule has 1 N–H and O–H groups in total. The standard InChI is InChI=1S/C14H19NO2/c1-2-14(16)13-6-4-3-5-11(13)9-12-10-15-7-8-17-12/h3-6,12,15H,2,7-10H2,1H3. The van der Waals surface area contributed by atoms with E-state index in [0.717, 1.165) is 37.2 Å². The van der Waals surface area contributed by atoms with Crippen LogP contribution in [0.3, 0.4) is 0 Å². The summed E-state index contributed by atoms with van der Waals surface area (Å²) in [4.78, 5) is 11.8. The molecule has 1 saturated heterocycles. The lowest BCUT2D eigenvalue weighted by molar-refractivity contribution is 0.0291. The highest BCUT2D eigenvalue weighted by Crippen LogP contribution is 2.15. The van der Waals surface area contributed by atoms with Gasteiger partial charge in [-0.15, -0.1) is 0 Å². The van der Waals surface area contributed by atoms with Gasteiger partial charge in [0.2, 0.25) is 0 Å². The van der Waals surface area contributed by atoms with Gasteiger partial charge in [0.15, 0.2) is 5.78 Å². The Morgan fingerprint density at radius 2 is 2.29 bits per heavy atom. The molecule has 2 rings (SSSR count). The molecule has 1 aromatic carbocycles. The number of hydrogen-bond donors (Lipinski definition) is 1. The van der Waals surface area contributed by atoms with Crippen LogP contribution < -0.4 is 5.32 Å². The molecule has 0 aliphatic carbocycles. The van der Waals surface area contributed by atoms with Gasteiger partial charge >= 0.3 is 0 Å². The van der Waals surface area contributed by atoms with Gasteiger partial charge in [0.25, 0.3) is 0 Å². The third-order valence-corrected chi connectivity index (χ3v) is 3.09. The lowest BCUT2D eigenvalue weighted by Crippen LogP contribution is -2.39. The minimum atomic E-state index is 0.189. The molecule has 92 valence electrons. The van der Waals surface area contributed by atoms with Crippen molar-refractivity contribution in [2.75, 3.05) is 19.7 Å². The number of benzene rings is 1. The van der Waals surface area contributed by atoms with Crippen molar-refractivity contribution in [2.45, 2.75) is 25.9 Å². The molecule has 0 amide bonds. The summed E-state index contributed by atoms with van der Waals surface area (Å²) in [5.41, 5.74) is 1.96. The maximum absolute atomic E-state index is 11.8. The highest BCUT2D eigenvalue weighted by atomic mass is 16.5. The minimum absolute atomic E-state index is 0.189. The number of morpholine rings is 1. The van der Waals surface area contributed by atoms with Crippen molar-refractivity contribution >= 4 is 5.78 Å². The average molecular weight is 233 g/mol. The summed E-state index contributed by atoms with van der Waals surface area (Å²) in [5, 5.41) is 3.31. The molecule has 1 aromatic rings. The van der Waals surface area contributed by atoms with E-state index < -0.39 is 0 Å². The molecule has 1 aliphatic rings. The number of nitrogens with one attached hydrogen (secondary N) is 1. The molecule has 0 radical (unpaired) electrons. The molecule has 0 saturated carbocycles. The van der Waals surface area contributed by atoms with Crippen molar-refractivity contribution in [1.82, 2.24) is 5.32 Å². The first-order valence-electron chi connectivity index (χ1n) is 6.24. The Labute approximate surface area is 102 Å². The van der Waals surface area contributed by atoms with E-state index >= 15 is 0 Å². The first-order chi connectivity index (χ1) is 8.31. The molecule has 0 spiro atoms. The van der Waals surface area contributed by atoms with Crippen molar-refractivity contribution in [1.29, 1.82) is 0 Å². The number of Topliss-reactive ketones (excluding diaryl/α,β-unsaturated/α-hetero) is 1. The maximum atomic E-state index is 11.8. The molecule has 3 nitrogen and oxygen atoms in total. The van der Waals surface area contributed by atoms with E-state index in [2.05, 4.69) is 5.32 Å². The van der Waals surface area contributed by atoms with Crippen LogP contribution in [-0.2, 0) is 11.2 Å². The van der Waals surface area contributed by atoms with Gasteiger partial charge in [-0.05, 0) is 5.56 Å². The number of rotatable bonds is 4. The highest BCUT2D eigenvalue weighted by molar-refractivity contribution is 5.97. The fraction of sp³-hybridized carbons (Fsp3) is 0.500. The summed E-state index contributed by atoms with van der Waals surface area (Å²) >= 11 is 0. The highest BCUT2D eigenvalue weighted by Gasteiger charge is 2.17.